The van der Waals surface area contributed by atoms with Gasteiger partial charge in [-0.2, -0.15) is 0 Å². The fourth-order valence-electron chi connectivity index (χ4n) is 1.24. The Balaban J connectivity index is 1.92. The van der Waals surface area contributed by atoms with Gasteiger partial charge in [-0.05, 0) is 6.92 Å². The van der Waals surface area contributed by atoms with Crippen molar-refractivity contribution in [2.75, 3.05) is 13.2 Å². The Morgan fingerprint density at radius 3 is 3.27 bits per heavy atom. The standard InChI is InChI=1S/C7H10O4/c1-2-9-7-6-5(11-6)4(8)3-10-7/h5-7H,2-3H2,1H3. The highest BCUT2D eigenvalue weighted by molar-refractivity contribution is 5.87. The third kappa shape index (κ3) is 1.17. The maximum Gasteiger partial charge on any atom is 0.190 e. The summed E-state index contributed by atoms with van der Waals surface area (Å²) in [6, 6.07) is 0. The van der Waals surface area contributed by atoms with Gasteiger partial charge in [-0.25, -0.2) is 0 Å². The Morgan fingerprint density at radius 1 is 1.73 bits per heavy atom. The lowest BCUT2D eigenvalue weighted by atomic mass is 10.2. The fraction of sp³-hybridized carbons (Fsp3) is 0.857. The molecule has 2 aliphatic heterocycles. The highest BCUT2D eigenvalue weighted by atomic mass is 16.7. The van der Waals surface area contributed by atoms with Crippen molar-refractivity contribution in [2.45, 2.75) is 25.4 Å². The molecule has 4 nitrogen and oxygen atoms in total. The van der Waals surface area contributed by atoms with E-state index in [9.17, 15) is 4.79 Å². The first-order valence-electron chi connectivity index (χ1n) is 3.74. The van der Waals surface area contributed by atoms with Crippen LogP contribution >= 0.6 is 0 Å². The second-order valence-electron chi connectivity index (χ2n) is 2.62. The third-order valence-corrected chi connectivity index (χ3v) is 1.83. The maximum absolute atomic E-state index is 10.9. The molecule has 3 atom stereocenters. The smallest absolute Gasteiger partial charge is 0.190 e. The van der Waals surface area contributed by atoms with Crippen LogP contribution in [-0.2, 0) is 19.0 Å². The SMILES string of the molecule is CCOC1OCC(=O)C2OC12. The largest absolute Gasteiger partial charge is 0.356 e. The average Bonchev–Trinajstić information content (AvgIpc) is 2.75. The van der Waals surface area contributed by atoms with Gasteiger partial charge in [0.05, 0.1) is 0 Å². The van der Waals surface area contributed by atoms with Crippen molar-refractivity contribution in [3.05, 3.63) is 0 Å². The molecule has 0 bridgehead atoms. The lowest BCUT2D eigenvalue weighted by molar-refractivity contribution is -0.165. The topological polar surface area (TPSA) is 48.1 Å². The van der Waals surface area contributed by atoms with Gasteiger partial charge in [0.2, 0.25) is 0 Å². The molecule has 0 aromatic heterocycles. The molecular formula is C7H10O4. The summed E-state index contributed by atoms with van der Waals surface area (Å²) in [6.07, 6.45) is -0.681. The highest BCUT2D eigenvalue weighted by Gasteiger charge is 2.54. The zero-order valence-corrected chi connectivity index (χ0v) is 6.28. The number of Topliss-reactive ketones (excluding diaryl/α,β-unsaturated/α-hetero) is 1. The number of epoxide rings is 1. The van der Waals surface area contributed by atoms with Gasteiger partial charge in [-0.3, -0.25) is 4.79 Å². The van der Waals surface area contributed by atoms with E-state index < -0.39 is 0 Å². The Bertz CT molecular complexity index is 179. The number of ketones is 1. The summed E-state index contributed by atoms with van der Waals surface area (Å²) >= 11 is 0. The fourth-order valence-corrected chi connectivity index (χ4v) is 1.24. The van der Waals surface area contributed by atoms with Crippen molar-refractivity contribution < 1.29 is 19.0 Å². The molecule has 2 saturated heterocycles. The zero-order valence-electron chi connectivity index (χ0n) is 6.28. The van der Waals surface area contributed by atoms with Gasteiger partial charge in [-0.15, -0.1) is 0 Å². The zero-order chi connectivity index (χ0) is 7.84. The van der Waals surface area contributed by atoms with Crippen molar-refractivity contribution in [1.82, 2.24) is 0 Å². The van der Waals surface area contributed by atoms with Gasteiger partial charge in [0.25, 0.3) is 0 Å². The van der Waals surface area contributed by atoms with Gasteiger partial charge < -0.3 is 14.2 Å². The summed E-state index contributed by atoms with van der Waals surface area (Å²) in [5.74, 6) is 0.0333. The molecule has 0 aliphatic carbocycles. The van der Waals surface area contributed by atoms with Crippen molar-refractivity contribution in [2.24, 2.45) is 0 Å². The van der Waals surface area contributed by atoms with Crippen LogP contribution in [0.1, 0.15) is 6.92 Å². The maximum atomic E-state index is 10.9. The van der Waals surface area contributed by atoms with Crippen molar-refractivity contribution in [1.29, 1.82) is 0 Å². The minimum Gasteiger partial charge on any atom is -0.356 e. The van der Waals surface area contributed by atoms with Crippen molar-refractivity contribution in [3.63, 3.8) is 0 Å². The molecule has 11 heavy (non-hydrogen) atoms. The molecule has 62 valence electrons. The first kappa shape index (κ1) is 7.21. The molecular weight excluding hydrogens is 148 g/mol. The molecule has 0 spiro atoms. The number of ether oxygens (including phenoxy) is 3. The molecule has 0 amide bonds. The summed E-state index contributed by atoms with van der Waals surface area (Å²) < 4.78 is 15.3. The summed E-state index contributed by atoms with van der Waals surface area (Å²) in [4.78, 5) is 10.9. The average molecular weight is 158 g/mol. The van der Waals surface area contributed by atoms with Crippen LogP contribution in [0.15, 0.2) is 0 Å². The first-order chi connectivity index (χ1) is 5.33. The Labute approximate surface area is 64.4 Å². The van der Waals surface area contributed by atoms with Crippen LogP contribution < -0.4 is 0 Å². The minimum atomic E-state index is -0.317. The van der Waals surface area contributed by atoms with Gasteiger partial charge in [0.15, 0.2) is 12.1 Å². The number of hydrogen-bond donors (Lipinski definition) is 0. The van der Waals surface area contributed by atoms with Crippen LogP contribution in [0, 0.1) is 0 Å². The van der Waals surface area contributed by atoms with Crippen LogP contribution in [0.5, 0.6) is 0 Å². The highest BCUT2D eigenvalue weighted by Crippen LogP contribution is 2.32. The number of fused-ring (bicyclic) bond motifs is 1. The molecule has 0 saturated carbocycles. The molecule has 0 N–H and O–H groups in total. The molecule has 0 aromatic rings. The van der Waals surface area contributed by atoms with Crippen molar-refractivity contribution >= 4 is 5.78 Å². The monoisotopic (exact) mass is 158 g/mol. The van der Waals surface area contributed by atoms with E-state index in [-0.39, 0.29) is 30.9 Å². The second kappa shape index (κ2) is 2.55. The lowest BCUT2D eigenvalue weighted by Crippen LogP contribution is -2.35. The van der Waals surface area contributed by atoms with E-state index >= 15 is 0 Å². The molecule has 3 unspecified atom stereocenters. The van der Waals surface area contributed by atoms with E-state index in [1.807, 2.05) is 6.92 Å². The summed E-state index contributed by atoms with van der Waals surface area (Å²) in [7, 11) is 0. The van der Waals surface area contributed by atoms with Crippen LogP contribution in [0.4, 0.5) is 0 Å². The Hall–Kier alpha value is -0.450. The van der Waals surface area contributed by atoms with Crippen LogP contribution in [0.25, 0.3) is 0 Å². The predicted octanol–water partition coefficient (Wildman–Crippen LogP) is -0.284. The number of carbonyl (C=O) groups excluding carboxylic acids is 1. The molecule has 2 rings (SSSR count). The van der Waals surface area contributed by atoms with Gasteiger partial charge in [-0.1, -0.05) is 0 Å². The van der Waals surface area contributed by atoms with E-state index in [2.05, 4.69) is 0 Å². The molecule has 2 heterocycles. The summed E-state index contributed by atoms with van der Waals surface area (Å²) in [5, 5.41) is 0. The van der Waals surface area contributed by atoms with Crippen molar-refractivity contribution in [3.8, 4) is 0 Å². The number of rotatable bonds is 2. The quantitative estimate of drug-likeness (QED) is 0.518. The van der Waals surface area contributed by atoms with E-state index in [4.69, 9.17) is 14.2 Å². The third-order valence-electron chi connectivity index (χ3n) is 1.83. The summed E-state index contributed by atoms with van der Waals surface area (Å²) in [5.41, 5.74) is 0. The second-order valence-corrected chi connectivity index (χ2v) is 2.62. The predicted molar refractivity (Wildman–Crippen MR) is 35.0 cm³/mol. The van der Waals surface area contributed by atoms with E-state index in [0.717, 1.165) is 0 Å². The molecule has 4 heteroatoms. The van der Waals surface area contributed by atoms with Crippen LogP contribution in [-0.4, -0.2) is 37.5 Å². The Morgan fingerprint density at radius 2 is 2.55 bits per heavy atom. The Kier molecular flexibility index (Phi) is 1.67. The summed E-state index contributed by atoms with van der Waals surface area (Å²) in [6.45, 7) is 2.61. The number of hydrogen-bond acceptors (Lipinski definition) is 4. The molecule has 0 radical (unpaired) electrons. The first-order valence-corrected chi connectivity index (χ1v) is 3.74. The van der Waals surface area contributed by atoms with E-state index in [1.165, 1.54) is 0 Å². The molecule has 2 aliphatic rings. The van der Waals surface area contributed by atoms with Crippen LogP contribution in [0.3, 0.4) is 0 Å². The normalized spacial score (nSPS) is 41.9. The molecule has 0 aromatic carbocycles. The number of carbonyl (C=O) groups is 1. The van der Waals surface area contributed by atoms with E-state index in [1.54, 1.807) is 0 Å². The van der Waals surface area contributed by atoms with Crippen LogP contribution in [0.2, 0.25) is 0 Å². The molecule has 2 fully saturated rings. The van der Waals surface area contributed by atoms with Gasteiger partial charge in [0.1, 0.15) is 18.8 Å². The minimum absolute atomic E-state index is 0.0333. The van der Waals surface area contributed by atoms with E-state index in [0.29, 0.717) is 6.61 Å². The van der Waals surface area contributed by atoms with Gasteiger partial charge in [0, 0.05) is 6.61 Å². The van der Waals surface area contributed by atoms with Gasteiger partial charge >= 0.3 is 0 Å². The lowest BCUT2D eigenvalue weighted by Gasteiger charge is -2.17.